The van der Waals surface area contributed by atoms with E-state index in [1.54, 1.807) is 0 Å². The molecule has 3 nitrogen and oxygen atoms in total. The summed E-state index contributed by atoms with van der Waals surface area (Å²) < 4.78 is 5.67. The molecule has 0 aromatic heterocycles. The Bertz CT molecular complexity index is 267. The Morgan fingerprint density at radius 3 is 2.89 bits per heavy atom. The van der Waals surface area contributed by atoms with E-state index in [0.717, 1.165) is 37.9 Å². The van der Waals surface area contributed by atoms with Crippen molar-refractivity contribution >= 4 is 21.8 Å². The predicted molar refractivity (Wildman–Crippen MR) is 75.9 cm³/mol. The number of carbonyl (C=O) groups is 1. The van der Waals surface area contributed by atoms with Gasteiger partial charge in [-0.05, 0) is 44.4 Å². The van der Waals surface area contributed by atoms with Crippen molar-refractivity contribution in [1.82, 2.24) is 4.90 Å². The zero-order chi connectivity index (χ0) is 12.8. The lowest BCUT2D eigenvalue weighted by Gasteiger charge is -2.23. The summed E-state index contributed by atoms with van der Waals surface area (Å²) >= 11 is 3.48. The summed E-state index contributed by atoms with van der Waals surface area (Å²) in [5.74, 6) is 1.04. The lowest BCUT2D eigenvalue weighted by molar-refractivity contribution is -0.131. The van der Waals surface area contributed by atoms with Crippen LogP contribution >= 0.6 is 15.9 Å². The second-order valence-corrected chi connectivity index (χ2v) is 6.29. The Labute approximate surface area is 118 Å². The van der Waals surface area contributed by atoms with Crippen LogP contribution in [-0.2, 0) is 9.53 Å². The number of ether oxygens (including phenoxy) is 1. The van der Waals surface area contributed by atoms with Crippen LogP contribution in [0.25, 0.3) is 0 Å². The van der Waals surface area contributed by atoms with Gasteiger partial charge in [-0.25, -0.2) is 0 Å². The minimum atomic E-state index is 0.334. The first-order valence-electron chi connectivity index (χ1n) is 7.25. The molecule has 0 radical (unpaired) electrons. The molecule has 0 aromatic carbocycles. The Kier molecular flexibility index (Phi) is 5.96. The zero-order valence-corrected chi connectivity index (χ0v) is 12.7. The average molecular weight is 318 g/mol. The summed E-state index contributed by atoms with van der Waals surface area (Å²) in [6, 6.07) is 0. The highest BCUT2D eigenvalue weighted by Gasteiger charge is 2.26. The Morgan fingerprint density at radius 1 is 1.28 bits per heavy atom. The first-order valence-corrected chi connectivity index (χ1v) is 8.37. The molecule has 2 unspecified atom stereocenters. The van der Waals surface area contributed by atoms with Crippen LogP contribution in [0.4, 0.5) is 0 Å². The van der Waals surface area contributed by atoms with Gasteiger partial charge in [0.25, 0.3) is 0 Å². The van der Waals surface area contributed by atoms with Gasteiger partial charge in [0.2, 0.25) is 5.91 Å². The van der Waals surface area contributed by atoms with E-state index in [4.69, 9.17) is 4.74 Å². The monoisotopic (exact) mass is 317 g/mol. The maximum absolute atomic E-state index is 12.1. The molecule has 2 aliphatic rings. The molecule has 1 amide bonds. The molecule has 0 bridgehead atoms. The fourth-order valence-electron chi connectivity index (χ4n) is 2.93. The van der Waals surface area contributed by atoms with Crippen molar-refractivity contribution in [3.05, 3.63) is 0 Å². The molecule has 2 rings (SSSR count). The molecular formula is C14H24BrNO2. The van der Waals surface area contributed by atoms with E-state index in [-0.39, 0.29) is 0 Å². The minimum absolute atomic E-state index is 0.334. The average Bonchev–Trinajstić information content (AvgIpc) is 2.86. The predicted octanol–water partition coefficient (Wildman–Crippen LogP) is 2.97. The highest BCUT2D eigenvalue weighted by atomic mass is 79.9. The third-order valence-electron chi connectivity index (χ3n) is 4.11. The molecule has 0 aliphatic carbocycles. The van der Waals surface area contributed by atoms with E-state index in [1.807, 2.05) is 0 Å². The first kappa shape index (κ1) is 14.3. The Balaban J connectivity index is 1.65. The molecular weight excluding hydrogens is 294 g/mol. The van der Waals surface area contributed by atoms with Crippen LogP contribution in [0.1, 0.15) is 44.9 Å². The molecule has 2 heterocycles. The highest BCUT2D eigenvalue weighted by molar-refractivity contribution is 9.09. The van der Waals surface area contributed by atoms with Crippen molar-refractivity contribution in [3.8, 4) is 0 Å². The van der Waals surface area contributed by atoms with Crippen LogP contribution in [0.15, 0.2) is 0 Å². The summed E-state index contributed by atoms with van der Waals surface area (Å²) in [6.45, 7) is 2.81. The van der Waals surface area contributed by atoms with Gasteiger partial charge in [-0.1, -0.05) is 15.9 Å². The summed E-state index contributed by atoms with van der Waals surface area (Å²) in [5.41, 5.74) is 0. The number of alkyl halides is 1. The van der Waals surface area contributed by atoms with E-state index in [1.165, 1.54) is 25.7 Å². The van der Waals surface area contributed by atoms with Gasteiger partial charge in [0, 0.05) is 31.4 Å². The SMILES string of the molecule is O=C(CCC1CCCCO1)N1CCC(CCBr)C1. The molecule has 18 heavy (non-hydrogen) atoms. The number of hydrogen-bond donors (Lipinski definition) is 0. The lowest BCUT2D eigenvalue weighted by atomic mass is 10.0. The number of nitrogens with zero attached hydrogens (tertiary/aromatic N) is 1. The Morgan fingerprint density at radius 2 is 2.17 bits per heavy atom. The van der Waals surface area contributed by atoms with E-state index >= 15 is 0 Å². The lowest BCUT2D eigenvalue weighted by Crippen LogP contribution is -2.30. The van der Waals surface area contributed by atoms with Crippen LogP contribution in [0, 0.1) is 5.92 Å². The summed E-state index contributed by atoms with van der Waals surface area (Å²) in [7, 11) is 0. The normalized spacial score (nSPS) is 28.6. The molecule has 104 valence electrons. The van der Waals surface area contributed by atoms with E-state index in [2.05, 4.69) is 20.8 Å². The number of halogens is 1. The quantitative estimate of drug-likeness (QED) is 0.730. The van der Waals surface area contributed by atoms with Gasteiger partial charge < -0.3 is 9.64 Å². The van der Waals surface area contributed by atoms with Crippen molar-refractivity contribution < 1.29 is 9.53 Å². The van der Waals surface area contributed by atoms with E-state index in [9.17, 15) is 4.79 Å². The standard InChI is InChI=1S/C14H24BrNO2/c15-8-6-12-7-9-16(11-12)14(17)5-4-13-3-1-2-10-18-13/h12-13H,1-11H2. The molecule has 2 saturated heterocycles. The van der Waals surface area contributed by atoms with Gasteiger partial charge >= 0.3 is 0 Å². The molecule has 0 spiro atoms. The van der Waals surface area contributed by atoms with Gasteiger partial charge in [-0.3, -0.25) is 4.79 Å². The Hall–Kier alpha value is -0.0900. The molecule has 2 atom stereocenters. The van der Waals surface area contributed by atoms with Gasteiger partial charge in [0.05, 0.1) is 6.10 Å². The number of rotatable bonds is 5. The molecule has 4 heteroatoms. The summed E-state index contributed by atoms with van der Waals surface area (Å²) in [6.07, 6.45) is 7.88. The second kappa shape index (κ2) is 7.49. The fraction of sp³-hybridized carbons (Fsp3) is 0.929. The molecule has 2 aliphatic heterocycles. The van der Waals surface area contributed by atoms with Gasteiger partial charge in [0.15, 0.2) is 0 Å². The van der Waals surface area contributed by atoms with Crippen LogP contribution in [0.5, 0.6) is 0 Å². The van der Waals surface area contributed by atoms with Gasteiger partial charge in [-0.2, -0.15) is 0 Å². The van der Waals surface area contributed by atoms with Crippen molar-refractivity contribution in [3.63, 3.8) is 0 Å². The van der Waals surface area contributed by atoms with Crippen LogP contribution < -0.4 is 0 Å². The van der Waals surface area contributed by atoms with Crippen LogP contribution in [0.2, 0.25) is 0 Å². The van der Waals surface area contributed by atoms with Crippen LogP contribution in [-0.4, -0.2) is 41.9 Å². The van der Waals surface area contributed by atoms with Crippen LogP contribution in [0.3, 0.4) is 0 Å². The number of amides is 1. The maximum Gasteiger partial charge on any atom is 0.222 e. The third kappa shape index (κ3) is 4.23. The highest BCUT2D eigenvalue weighted by Crippen LogP contribution is 2.22. The smallest absolute Gasteiger partial charge is 0.222 e. The molecule has 2 fully saturated rings. The second-order valence-electron chi connectivity index (χ2n) is 5.50. The van der Waals surface area contributed by atoms with Gasteiger partial charge in [0.1, 0.15) is 0 Å². The molecule has 0 saturated carbocycles. The number of carbonyl (C=O) groups excluding carboxylic acids is 1. The first-order chi connectivity index (χ1) is 8.79. The van der Waals surface area contributed by atoms with Crippen molar-refractivity contribution in [2.24, 2.45) is 5.92 Å². The summed E-state index contributed by atoms with van der Waals surface area (Å²) in [4.78, 5) is 14.1. The van der Waals surface area contributed by atoms with Crippen molar-refractivity contribution in [1.29, 1.82) is 0 Å². The largest absolute Gasteiger partial charge is 0.378 e. The van der Waals surface area contributed by atoms with Crippen molar-refractivity contribution in [2.45, 2.75) is 51.0 Å². The zero-order valence-electron chi connectivity index (χ0n) is 11.1. The van der Waals surface area contributed by atoms with E-state index in [0.29, 0.717) is 24.3 Å². The molecule has 0 aromatic rings. The minimum Gasteiger partial charge on any atom is -0.378 e. The number of hydrogen-bond acceptors (Lipinski definition) is 2. The third-order valence-corrected chi connectivity index (χ3v) is 4.57. The van der Waals surface area contributed by atoms with Crippen molar-refractivity contribution in [2.75, 3.05) is 25.0 Å². The topological polar surface area (TPSA) is 29.5 Å². The molecule has 0 N–H and O–H groups in total. The fourth-order valence-corrected chi connectivity index (χ4v) is 3.57. The van der Waals surface area contributed by atoms with Gasteiger partial charge in [-0.15, -0.1) is 0 Å². The van der Waals surface area contributed by atoms with E-state index < -0.39 is 0 Å². The maximum atomic E-state index is 12.1. The number of likely N-dealkylation sites (tertiary alicyclic amines) is 1. The summed E-state index contributed by atoms with van der Waals surface area (Å²) in [5, 5.41) is 1.05.